The van der Waals surface area contributed by atoms with Gasteiger partial charge in [0.2, 0.25) is 5.75 Å². The lowest BCUT2D eigenvalue weighted by molar-refractivity contribution is 0.0827. The summed E-state index contributed by atoms with van der Waals surface area (Å²) in [6.07, 6.45) is -0.988. The smallest absolute Gasteiger partial charge is 0.268 e. The van der Waals surface area contributed by atoms with E-state index in [-0.39, 0.29) is 31.4 Å². The molecule has 1 aromatic heterocycles. The molecular formula is C27H27FN2O5. The van der Waals surface area contributed by atoms with Gasteiger partial charge in [-0.15, -0.1) is 0 Å². The molecule has 35 heavy (non-hydrogen) atoms. The SMILES string of the molecule is COc1cccc(OC)c1OCC(O)CNC(=O)c1cc2ccccc2n1Cc1ccccc1F. The average molecular weight is 479 g/mol. The Balaban J connectivity index is 1.46. The molecule has 0 aliphatic heterocycles. The molecule has 4 rings (SSSR count). The molecule has 4 aromatic rings. The fourth-order valence-corrected chi connectivity index (χ4v) is 3.86. The first kappa shape index (κ1) is 24.1. The van der Waals surface area contributed by atoms with E-state index in [0.717, 1.165) is 10.9 Å². The number of nitrogens with zero attached hydrogens (tertiary/aromatic N) is 1. The third kappa shape index (κ3) is 5.38. The number of aliphatic hydroxyl groups excluding tert-OH is 1. The highest BCUT2D eigenvalue weighted by Crippen LogP contribution is 2.36. The van der Waals surface area contributed by atoms with Crippen LogP contribution in [0.1, 0.15) is 16.1 Å². The van der Waals surface area contributed by atoms with Crippen LogP contribution in [0.3, 0.4) is 0 Å². The number of nitrogens with one attached hydrogen (secondary N) is 1. The maximum absolute atomic E-state index is 14.3. The van der Waals surface area contributed by atoms with Gasteiger partial charge in [-0.3, -0.25) is 4.79 Å². The lowest BCUT2D eigenvalue weighted by Gasteiger charge is -2.17. The monoisotopic (exact) mass is 478 g/mol. The molecular weight excluding hydrogens is 451 g/mol. The molecule has 0 fully saturated rings. The van der Waals surface area contributed by atoms with Crippen molar-refractivity contribution in [2.45, 2.75) is 12.6 Å². The zero-order chi connectivity index (χ0) is 24.8. The van der Waals surface area contributed by atoms with Crippen LogP contribution in [0.2, 0.25) is 0 Å². The molecule has 1 unspecified atom stereocenters. The number of ether oxygens (including phenoxy) is 3. The zero-order valence-corrected chi connectivity index (χ0v) is 19.5. The second-order valence-electron chi connectivity index (χ2n) is 7.93. The summed E-state index contributed by atoms with van der Waals surface area (Å²) < 4.78 is 32.4. The minimum absolute atomic E-state index is 0.0441. The van der Waals surface area contributed by atoms with Gasteiger partial charge in [0.05, 0.1) is 20.8 Å². The molecule has 0 saturated carbocycles. The largest absolute Gasteiger partial charge is 0.493 e. The topological polar surface area (TPSA) is 82.0 Å². The van der Waals surface area contributed by atoms with E-state index >= 15 is 0 Å². The number of hydrogen-bond donors (Lipinski definition) is 2. The van der Waals surface area contributed by atoms with Crippen LogP contribution in [0, 0.1) is 5.82 Å². The number of halogens is 1. The molecule has 0 bridgehead atoms. The normalized spacial score (nSPS) is 11.8. The van der Waals surface area contributed by atoms with Gasteiger partial charge in [-0.1, -0.05) is 42.5 Å². The summed E-state index contributed by atoms with van der Waals surface area (Å²) >= 11 is 0. The van der Waals surface area contributed by atoms with E-state index in [2.05, 4.69) is 5.32 Å². The number of carbonyl (C=O) groups is 1. The minimum atomic E-state index is -0.988. The zero-order valence-electron chi connectivity index (χ0n) is 19.5. The standard InChI is InChI=1S/C27H27FN2O5/c1-33-24-12-7-13-25(34-2)26(24)35-17-20(31)15-29-27(32)23-14-18-8-4-6-11-22(18)30(23)16-19-9-3-5-10-21(19)28/h3-14,20,31H,15-17H2,1-2H3,(H,29,32). The van der Waals surface area contributed by atoms with E-state index < -0.39 is 6.10 Å². The van der Waals surface area contributed by atoms with E-state index in [1.165, 1.54) is 20.3 Å². The molecule has 1 amide bonds. The minimum Gasteiger partial charge on any atom is -0.493 e. The summed E-state index contributed by atoms with van der Waals surface area (Å²) in [4.78, 5) is 13.1. The molecule has 3 aromatic carbocycles. The summed E-state index contributed by atoms with van der Waals surface area (Å²) in [5.74, 6) is 0.590. The highest BCUT2D eigenvalue weighted by molar-refractivity contribution is 5.98. The molecule has 0 aliphatic carbocycles. The number of methoxy groups -OCH3 is 2. The molecule has 1 atom stereocenters. The van der Waals surface area contributed by atoms with E-state index in [1.54, 1.807) is 47.0 Å². The van der Waals surface area contributed by atoms with Crippen molar-refractivity contribution in [3.8, 4) is 17.2 Å². The predicted molar refractivity (Wildman–Crippen MR) is 131 cm³/mol. The molecule has 1 heterocycles. The molecule has 2 N–H and O–H groups in total. The van der Waals surface area contributed by atoms with Gasteiger partial charge in [-0.25, -0.2) is 4.39 Å². The Bertz CT molecular complexity index is 1300. The van der Waals surface area contributed by atoms with Gasteiger partial charge < -0.3 is 29.2 Å². The summed E-state index contributed by atoms with van der Waals surface area (Å²) in [5, 5.41) is 14.0. The van der Waals surface area contributed by atoms with E-state index in [0.29, 0.717) is 28.5 Å². The first-order valence-corrected chi connectivity index (χ1v) is 11.1. The van der Waals surface area contributed by atoms with Crippen molar-refractivity contribution in [2.75, 3.05) is 27.4 Å². The maximum atomic E-state index is 14.3. The number of aliphatic hydroxyl groups is 1. The van der Waals surface area contributed by atoms with E-state index in [4.69, 9.17) is 14.2 Å². The summed E-state index contributed by atoms with van der Waals surface area (Å²) in [6, 6.07) is 21.0. The van der Waals surface area contributed by atoms with Crippen molar-refractivity contribution in [3.05, 3.63) is 89.9 Å². The third-order valence-electron chi connectivity index (χ3n) is 5.63. The number of hydrogen-bond acceptors (Lipinski definition) is 5. The van der Waals surface area contributed by atoms with Crippen molar-refractivity contribution in [1.82, 2.24) is 9.88 Å². The van der Waals surface area contributed by atoms with Gasteiger partial charge in [0.15, 0.2) is 11.5 Å². The number of fused-ring (bicyclic) bond motifs is 1. The summed E-state index contributed by atoms with van der Waals surface area (Å²) in [7, 11) is 3.03. The van der Waals surface area contributed by atoms with Gasteiger partial charge in [0.1, 0.15) is 24.2 Å². The van der Waals surface area contributed by atoms with Gasteiger partial charge in [0, 0.05) is 23.0 Å². The van der Waals surface area contributed by atoms with Crippen molar-refractivity contribution in [2.24, 2.45) is 0 Å². The van der Waals surface area contributed by atoms with Crippen molar-refractivity contribution in [3.63, 3.8) is 0 Å². The van der Waals surface area contributed by atoms with Gasteiger partial charge in [-0.05, 0) is 30.3 Å². The predicted octanol–water partition coefficient (Wildman–Crippen LogP) is 4.02. The second-order valence-corrected chi connectivity index (χ2v) is 7.93. The highest BCUT2D eigenvalue weighted by Gasteiger charge is 2.19. The molecule has 0 saturated heterocycles. The van der Waals surface area contributed by atoms with Gasteiger partial charge in [-0.2, -0.15) is 0 Å². The van der Waals surface area contributed by atoms with Gasteiger partial charge >= 0.3 is 0 Å². The molecule has 182 valence electrons. The average Bonchev–Trinajstić information content (AvgIpc) is 3.25. The Morgan fingerprint density at radius 1 is 1.00 bits per heavy atom. The van der Waals surface area contributed by atoms with E-state index in [1.807, 2.05) is 24.3 Å². The summed E-state index contributed by atoms with van der Waals surface area (Å²) in [5.41, 5.74) is 1.66. The fraction of sp³-hybridized carbons (Fsp3) is 0.222. The van der Waals surface area contributed by atoms with Crippen molar-refractivity contribution < 1.29 is 28.5 Å². The number of amides is 1. The number of aromatic nitrogens is 1. The maximum Gasteiger partial charge on any atom is 0.268 e. The molecule has 0 spiro atoms. The Hall–Kier alpha value is -4.04. The Labute approximate surface area is 202 Å². The molecule has 0 radical (unpaired) electrons. The van der Waals surface area contributed by atoms with Crippen LogP contribution in [0.4, 0.5) is 4.39 Å². The molecule has 7 nitrogen and oxygen atoms in total. The number of carbonyl (C=O) groups excluding carboxylic acids is 1. The second kappa shape index (κ2) is 10.9. The van der Waals surface area contributed by atoms with Crippen molar-refractivity contribution in [1.29, 1.82) is 0 Å². The van der Waals surface area contributed by atoms with E-state index in [9.17, 15) is 14.3 Å². The quantitative estimate of drug-likeness (QED) is 0.360. The van der Waals surface area contributed by atoms with Gasteiger partial charge in [0.25, 0.3) is 5.91 Å². The fourth-order valence-electron chi connectivity index (χ4n) is 3.86. The molecule has 0 aliphatic rings. The van der Waals surface area contributed by atoms with Crippen LogP contribution in [-0.2, 0) is 6.54 Å². The van der Waals surface area contributed by atoms with Crippen LogP contribution < -0.4 is 19.5 Å². The van der Waals surface area contributed by atoms with Crippen LogP contribution in [-0.4, -0.2) is 49.1 Å². The Morgan fingerprint density at radius 3 is 2.40 bits per heavy atom. The highest BCUT2D eigenvalue weighted by atomic mass is 19.1. The number of rotatable bonds is 10. The lowest BCUT2D eigenvalue weighted by atomic mass is 10.2. The molecule has 8 heteroatoms. The van der Waals surface area contributed by atoms with Crippen LogP contribution in [0.5, 0.6) is 17.2 Å². The first-order chi connectivity index (χ1) is 17.0. The van der Waals surface area contributed by atoms with Crippen LogP contribution in [0.25, 0.3) is 10.9 Å². The number of benzene rings is 3. The van der Waals surface area contributed by atoms with Crippen LogP contribution in [0.15, 0.2) is 72.8 Å². The Morgan fingerprint density at radius 2 is 1.69 bits per heavy atom. The third-order valence-corrected chi connectivity index (χ3v) is 5.63. The van der Waals surface area contributed by atoms with Crippen molar-refractivity contribution >= 4 is 16.8 Å². The summed E-state index contributed by atoms with van der Waals surface area (Å²) in [6.45, 7) is 0.0644. The Kier molecular flexibility index (Phi) is 7.52. The lowest BCUT2D eigenvalue weighted by Crippen LogP contribution is -2.36. The van der Waals surface area contributed by atoms with Crippen LogP contribution >= 0.6 is 0 Å². The first-order valence-electron chi connectivity index (χ1n) is 11.1. The number of para-hydroxylation sites is 2.